The Balaban J connectivity index is 3.59. The molecule has 22 heavy (non-hydrogen) atoms. The van der Waals surface area contributed by atoms with Gasteiger partial charge in [-0.15, -0.1) is 0 Å². The number of aliphatic hydroxyl groups excluding tert-OH is 1. The second-order valence-electron chi connectivity index (χ2n) is 4.93. The topological polar surface area (TPSA) is 93.1 Å². The summed E-state index contributed by atoms with van der Waals surface area (Å²) in [5.74, 6) is -0.976. The van der Waals surface area contributed by atoms with Gasteiger partial charge in [-0.2, -0.15) is 0 Å². The zero-order chi connectivity index (χ0) is 16.9. The molecular formula is C16H20O6. The summed E-state index contributed by atoms with van der Waals surface area (Å²) in [6, 6.07) is 0. The monoisotopic (exact) mass is 308 g/mol. The second kappa shape index (κ2) is 7.61. The maximum atomic E-state index is 11.4. The lowest BCUT2D eigenvalue weighted by Gasteiger charge is -2.19. The lowest BCUT2D eigenvalue weighted by atomic mass is 9.96. The number of carbonyl (C=O) groups excluding carboxylic acids is 1. The van der Waals surface area contributed by atoms with Gasteiger partial charge in [0.05, 0.1) is 13.7 Å². The van der Waals surface area contributed by atoms with E-state index in [1.165, 1.54) is 7.11 Å². The number of methoxy groups -OCH3 is 1. The quantitative estimate of drug-likeness (QED) is 0.593. The molecule has 0 radical (unpaired) electrons. The average molecular weight is 308 g/mol. The summed E-state index contributed by atoms with van der Waals surface area (Å²) in [4.78, 5) is 22.8. The van der Waals surface area contributed by atoms with Crippen LogP contribution in [0.4, 0.5) is 0 Å². The molecule has 0 amide bonds. The van der Waals surface area contributed by atoms with E-state index in [2.05, 4.69) is 0 Å². The molecule has 0 aliphatic carbocycles. The first-order chi connectivity index (χ1) is 10.4. The number of aliphatic hydroxyl groups is 1. The van der Waals surface area contributed by atoms with Crippen LogP contribution in [-0.4, -0.2) is 36.2 Å². The highest BCUT2D eigenvalue weighted by Gasteiger charge is 2.26. The zero-order valence-electron chi connectivity index (χ0n) is 13.1. The van der Waals surface area contributed by atoms with Crippen molar-refractivity contribution >= 4 is 12.3 Å². The summed E-state index contributed by atoms with van der Waals surface area (Å²) < 4.78 is 10.8. The number of hydrogen-bond acceptors (Lipinski definition) is 5. The van der Waals surface area contributed by atoms with Gasteiger partial charge >= 0.3 is 5.97 Å². The van der Waals surface area contributed by atoms with E-state index in [0.29, 0.717) is 11.8 Å². The summed E-state index contributed by atoms with van der Waals surface area (Å²) >= 11 is 0. The van der Waals surface area contributed by atoms with E-state index in [4.69, 9.17) is 9.47 Å². The molecule has 0 unspecified atom stereocenters. The van der Waals surface area contributed by atoms with Gasteiger partial charge in [0, 0.05) is 16.7 Å². The lowest BCUT2D eigenvalue weighted by Crippen LogP contribution is -2.13. The van der Waals surface area contributed by atoms with Crippen LogP contribution < -0.4 is 9.47 Å². The van der Waals surface area contributed by atoms with Crippen molar-refractivity contribution in [2.45, 2.75) is 27.4 Å². The van der Waals surface area contributed by atoms with Crippen molar-refractivity contribution < 1.29 is 29.3 Å². The Morgan fingerprint density at radius 3 is 2.32 bits per heavy atom. The third kappa shape index (κ3) is 3.46. The van der Waals surface area contributed by atoms with E-state index < -0.39 is 12.6 Å². The minimum Gasteiger partial charge on any atom is -0.495 e. The minimum atomic E-state index is -1.30. The normalized spacial score (nSPS) is 10.0. The number of rotatable bonds is 7. The molecule has 120 valence electrons. The van der Waals surface area contributed by atoms with E-state index in [9.17, 15) is 19.8 Å². The van der Waals surface area contributed by atoms with Crippen LogP contribution in [0.25, 0.3) is 0 Å². The molecule has 0 bridgehead atoms. The molecule has 0 heterocycles. The first kappa shape index (κ1) is 17.7. The molecular weight excluding hydrogens is 288 g/mol. The van der Waals surface area contributed by atoms with E-state index in [1.54, 1.807) is 6.92 Å². The fraction of sp³-hybridized carbons (Fsp3) is 0.375. The van der Waals surface area contributed by atoms with Gasteiger partial charge < -0.3 is 19.7 Å². The molecule has 1 aromatic carbocycles. The summed E-state index contributed by atoms with van der Waals surface area (Å²) in [6.07, 6.45) is 2.23. The Kier molecular flexibility index (Phi) is 6.12. The number of benzene rings is 1. The molecule has 6 nitrogen and oxygen atoms in total. The first-order valence-corrected chi connectivity index (χ1v) is 6.67. The van der Waals surface area contributed by atoms with Crippen LogP contribution in [0, 0.1) is 6.92 Å². The van der Waals surface area contributed by atoms with Crippen molar-refractivity contribution in [3.63, 3.8) is 0 Å². The van der Waals surface area contributed by atoms with Crippen molar-refractivity contribution in [3.05, 3.63) is 33.9 Å². The lowest BCUT2D eigenvalue weighted by molar-refractivity contribution is 0.0689. The Morgan fingerprint density at radius 1 is 1.27 bits per heavy atom. The van der Waals surface area contributed by atoms with Gasteiger partial charge in [-0.05, 0) is 26.8 Å². The summed E-state index contributed by atoms with van der Waals surface area (Å²) in [5, 5.41) is 18.9. The third-order valence-corrected chi connectivity index (χ3v) is 3.19. The van der Waals surface area contributed by atoms with Gasteiger partial charge in [0.25, 0.3) is 0 Å². The van der Waals surface area contributed by atoms with Crippen LogP contribution in [0.5, 0.6) is 11.5 Å². The van der Waals surface area contributed by atoms with Crippen LogP contribution in [0.15, 0.2) is 11.6 Å². The van der Waals surface area contributed by atoms with Gasteiger partial charge in [-0.1, -0.05) is 5.57 Å². The largest absolute Gasteiger partial charge is 0.495 e. The highest BCUT2D eigenvalue weighted by Crippen LogP contribution is 2.38. The van der Waals surface area contributed by atoms with Crippen molar-refractivity contribution in [1.29, 1.82) is 0 Å². The molecule has 0 saturated heterocycles. The molecule has 0 saturated carbocycles. The molecule has 0 fully saturated rings. The fourth-order valence-corrected chi connectivity index (χ4v) is 2.15. The molecule has 0 atom stereocenters. The molecule has 1 aromatic rings. The number of carbonyl (C=O) groups is 2. The molecule has 0 aromatic heterocycles. The number of carboxylic acid groups (broad SMARTS) is 1. The predicted molar refractivity (Wildman–Crippen MR) is 80.9 cm³/mol. The van der Waals surface area contributed by atoms with E-state index in [0.717, 1.165) is 5.57 Å². The van der Waals surface area contributed by atoms with Gasteiger partial charge in [0.2, 0.25) is 0 Å². The van der Waals surface area contributed by atoms with Gasteiger partial charge in [0.1, 0.15) is 23.7 Å². The number of carboxylic acids is 1. The number of aldehydes is 1. The van der Waals surface area contributed by atoms with Gasteiger partial charge in [0.15, 0.2) is 6.29 Å². The highest BCUT2D eigenvalue weighted by atomic mass is 16.5. The summed E-state index contributed by atoms with van der Waals surface area (Å²) in [5.41, 5.74) is 1.22. The Morgan fingerprint density at radius 2 is 1.91 bits per heavy atom. The number of aromatic carboxylic acids is 1. The van der Waals surface area contributed by atoms with Crippen LogP contribution in [0.3, 0.4) is 0 Å². The smallest absolute Gasteiger partial charge is 0.340 e. The molecule has 6 heteroatoms. The van der Waals surface area contributed by atoms with Crippen molar-refractivity contribution in [3.8, 4) is 11.5 Å². The molecule has 2 N–H and O–H groups in total. The van der Waals surface area contributed by atoms with Crippen molar-refractivity contribution in [2.75, 3.05) is 13.7 Å². The van der Waals surface area contributed by atoms with Crippen molar-refractivity contribution in [2.24, 2.45) is 0 Å². The fourth-order valence-electron chi connectivity index (χ4n) is 2.15. The molecule has 0 spiro atoms. The van der Waals surface area contributed by atoms with Gasteiger partial charge in [-0.3, -0.25) is 4.79 Å². The Hall–Kier alpha value is -2.34. The van der Waals surface area contributed by atoms with Crippen LogP contribution in [0.1, 0.15) is 45.7 Å². The summed E-state index contributed by atoms with van der Waals surface area (Å²) in [6.45, 7) is 5.17. The number of ether oxygens (including phenoxy) is 2. The third-order valence-electron chi connectivity index (χ3n) is 3.19. The van der Waals surface area contributed by atoms with Crippen LogP contribution in [0.2, 0.25) is 0 Å². The predicted octanol–water partition coefficient (Wildman–Crippen LogP) is 2.35. The van der Waals surface area contributed by atoms with Crippen molar-refractivity contribution in [1.82, 2.24) is 0 Å². The highest BCUT2D eigenvalue weighted by molar-refractivity contribution is 6.02. The summed E-state index contributed by atoms with van der Waals surface area (Å²) in [7, 11) is 1.32. The standard InChI is InChI=1S/C16H20O6/c1-9(2)5-6-22-14-10(3)15(21-4)13(16(19)20)11(7-17)12(14)8-18/h5,7,18H,6,8H2,1-4H3,(H,19,20). The zero-order valence-corrected chi connectivity index (χ0v) is 13.1. The minimum absolute atomic E-state index is 0.0546. The molecule has 1 rings (SSSR count). The van der Waals surface area contributed by atoms with E-state index in [1.807, 2.05) is 19.9 Å². The van der Waals surface area contributed by atoms with E-state index >= 15 is 0 Å². The Bertz CT molecular complexity index is 612. The maximum absolute atomic E-state index is 11.4. The van der Waals surface area contributed by atoms with Crippen LogP contribution in [-0.2, 0) is 6.61 Å². The Labute approximate surface area is 129 Å². The average Bonchev–Trinajstić information content (AvgIpc) is 2.46. The maximum Gasteiger partial charge on any atom is 0.340 e. The SMILES string of the molecule is COc1c(C)c(OCC=C(C)C)c(CO)c(C=O)c1C(=O)O. The first-order valence-electron chi connectivity index (χ1n) is 6.67. The van der Waals surface area contributed by atoms with Gasteiger partial charge in [-0.25, -0.2) is 4.79 Å². The van der Waals surface area contributed by atoms with E-state index in [-0.39, 0.29) is 34.8 Å². The number of allylic oxidation sites excluding steroid dienone is 1. The number of hydrogen-bond donors (Lipinski definition) is 2. The molecule has 0 aliphatic heterocycles. The molecule has 0 aliphatic rings. The van der Waals surface area contributed by atoms with Crippen LogP contribution >= 0.6 is 0 Å². The second-order valence-corrected chi connectivity index (χ2v) is 4.93.